The maximum absolute atomic E-state index is 12.7. The van der Waals surface area contributed by atoms with Gasteiger partial charge in [-0.25, -0.2) is 4.79 Å². The Kier molecular flexibility index (Phi) is 9.42. The van der Waals surface area contributed by atoms with E-state index in [0.29, 0.717) is 32.5 Å². The quantitative estimate of drug-likeness (QED) is 0.223. The number of alkyl halides is 6. The predicted molar refractivity (Wildman–Crippen MR) is 142 cm³/mol. The summed E-state index contributed by atoms with van der Waals surface area (Å²) in [6.07, 6.45) is -9.99. The molecule has 0 saturated carbocycles. The standard InChI is InChI=1S/C29H27F6N2O6/c1-41-26(38)37(40)23-8-2-19(3-9-23)18-36-16-14-22(15-17-36)27(39,20-4-10-24(11-5-20)42-28(30,31)32)21-6-12-25(13-7-21)43-29(33,34)35/h2-13,22,39H,14-18H2,1H3/q-1. The Hall–Kier alpha value is -4.01. The zero-order chi connectivity index (χ0) is 31.4. The molecule has 1 amide bonds. The van der Waals surface area contributed by atoms with Gasteiger partial charge in [0.05, 0.1) is 7.11 Å². The molecule has 8 nitrogen and oxygen atoms in total. The lowest BCUT2D eigenvalue weighted by Crippen LogP contribution is -2.44. The number of hydrogen-bond donors (Lipinski definition) is 1. The molecule has 0 atom stereocenters. The van der Waals surface area contributed by atoms with Gasteiger partial charge in [0.1, 0.15) is 17.1 Å². The largest absolute Gasteiger partial charge is 0.749 e. The minimum atomic E-state index is -4.91. The molecule has 4 rings (SSSR count). The second-order valence-corrected chi connectivity index (χ2v) is 9.89. The molecule has 0 aromatic heterocycles. The number of aliphatic hydroxyl groups is 1. The zero-order valence-corrected chi connectivity index (χ0v) is 22.7. The number of anilines is 1. The summed E-state index contributed by atoms with van der Waals surface area (Å²) in [5.41, 5.74) is -0.303. The third-order valence-electron chi connectivity index (χ3n) is 7.15. The molecule has 1 saturated heterocycles. The van der Waals surface area contributed by atoms with Crippen LogP contribution >= 0.6 is 0 Å². The SMILES string of the molecule is COC(=O)N([O-])c1ccc(CN2CCC(C(O)(c3ccc(OC(F)(F)F)cc3)c3ccc(OC(F)(F)F)cc3)CC2)cc1. The molecule has 43 heavy (non-hydrogen) atoms. The molecule has 14 heteroatoms. The first-order chi connectivity index (χ1) is 20.2. The highest BCUT2D eigenvalue weighted by atomic mass is 19.4. The van der Waals surface area contributed by atoms with Crippen LogP contribution < -0.4 is 14.5 Å². The van der Waals surface area contributed by atoms with Crippen LogP contribution in [0.15, 0.2) is 72.8 Å². The van der Waals surface area contributed by atoms with Crippen LogP contribution in [0, 0.1) is 11.1 Å². The van der Waals surface area contributed by atoms with Gasteiger partial charge in [-0.15, -0.1) is 26.3 Å². The van der Waals surface area contributed by atoms with E-state index in [-0.39, 0.29) is 21.9 Å². The molecular weight excluding hydrogens is 586 g/mol. The molecule has 3 aromatic carbocycles. The zero-order valence-electron chi connectivity index (χ0n) is 22.7. The number of methoxy groups -OCH3 is 1. The van der Waals surface area contributed by atoms with Crippen LogP contribution in [0.5, 0.6) is 11.5 Å². The highest BCUT2D eigenvalue weighted by Crippen LogP contribution is 2.43. The first-order valence-electron chi connectivity index (χ1n) is 13.0. The summed E-state index contributed by atoms with van der Waals surface area (Å²) >= 11 is 0. The number of piperidine rings is 1. The minimum Gasteiger partial charge on any atom is -0.749 e. The van der Waals surface area contributed by atoms with Crippen LogP contribution in [0.4, 0.5) is 36.8 Å². The highest BCUT2D eigenvalue weighted by molar-refractivity contribution is 5.88. The van der Waals surface area contributed by atoms with Crippen LogP contribution in [0.3, 0.4) is 0 Å². The number of likely N-dealkylation sites (tertiary alicyclic amines) is 1. The number of hydrogen-bond acceptors (Lipinski definition) is 7. The predicted octanol–water partition coefficient (Wildman–Crippen LogP) is 6.70. The van der Waals surface area contributed by atoms with Crippen LogP contribution in [0.25, 0.3) is 0 Å². The maximum atomic E-state index is 12.7. The van der Waals surface area contributed by atoms with Gasteiger partial charge in [0.25, 0.3) is 0 Å². The molecule has 3 aromatic rings. The van der Waals surface area contributed by atoms with E-state index < -0.39 is 41.8 Å². The highest BCUT2D eigenvalue weighted by Gasteiger charge is 2.42. The summed E-state index contributed by atoms with van der Waals surface area (Å²) < 4.78 is 88.4. The first kappa shape index (κ1) is 31.9. The fourth-order valence-corrected chi connectivity index (χ4v) is 5.15. The van der Waals surface area contributed by atoms with Gasteiger partial charge < -0.3 is 29.6 Å². The van der Waals surface area contributed by atoms with Gasteiger partial charge >= 0.3 is 18.8 Å². The number of rotatable bonds is 8. The Labute approximate surface area is 242 Å². The summed E-state index contributed by atoms with van der Waals surface area (Å²) in [4.78, 5) is 13.5. The number of benzene rings is 3. The molecule has 0 radical (unpaired) electrons. The van der Waals surface area contributed by atoms with Gasteiger partial charge in [0.2, 0.25) is 0 Å². The van der Waals surface area contributed by atoms with Gasteiger partial charge in [0.15, 0.2) is 0 Å². The summed E-state index contributed by atoms with van der Waals surface area (Å²) in [5, 5.41) is 24.2. The number of carbonyl (C=O) groups is 1. The van der Waals surface area contributed by atoms with Crippen molar-refractivity contribution in [2.24, 2.45) is 5.92 Å². The number of carbonyl (C=O) groups excluding carboxylic acids is 1. The van der Waals surface area contributed by atoms with E-state index in [0.717, 1.165) is 36.9 Å². The summed E-state index contributed by atoms with van der Waals surface area (Å²) in [6, 6.07) is 15.8. The van der Waals surface area contributed by atoms with Crippen molar-refractivity contribution in [1.82, 2.24) is 4.90 Å². The maximum Gasteiger partial charge on any atom is 0.573 e. The summed E-state index contributed by atoms with van der Waals surface area (Å²) in [6.45, 7) is 1.51. The Bertz CT molecular complexity index is 1300. The number of amides is 1. The molecule has 0 spiro atoms. The molecule has 232 valence electrons. The Morgan fingerprint density at radius 1 is 0.837 bits per heavy atom. The lowest BCUT2D eigenvalue weighted by Gasteiger charge is -2.42. The third kappa shape index (κ3) is 8.09. The van der Waals surface area contributed by atoms with Gasteiger partial charge in [-0.1, -0.05) is 36.4 Å². The number of hydroxylamine groups is 1. The second kappa shape index (κ2) is 12.7. The van der Waals surface area contributed by atoms with Crippen molar-refractivity contribution in [1.29, 1.82) is 0 Å². The number of halogens is 6. The van der Waals surface area contributed by atoms with Crippen LogP contribution in [0.2, 0.25) is 0 Å². The lowest BCUT2D eigenvalue weighted by molar-refractivity contribution is -0.275. The van der Waals surface area contributed by atoms with Crippen molar-refractivity contribution >= 4 is 11.8 Å². The molecule has 1 aliphatic heterocycles. The van der Waals surface area contributed by atoms with Crippen LogP contribution in [0.1, 0.15) is 29.5 Å². The monoisotopic (exact) mass is 613 g/mol. The van der Waals surface area contributed by atoms with Crippen molar-refractivity contribution in [3.8, 4) is 11.5 Å². The van der Waals surface area contributed by atoms with Crippen molar-refractivity contribution in [3.63, 3.8) is 0 Å². The number of ether oxygens (including phenoxy) is 3. The molecule has 1 fully saturated rings. The summed E-state index contributed by atoms with van der Waals surface area (Å²) in [5.74, 6) is -1.43. The van der Waals surface area contributed by atoms with Crippen LogP contribution in [-0.4, -0.2) is 49.0 Å². The van der Waals surface area contributed by atoms with Crippen molar-refractivity contribution in [3.05, 3.63) is 94.7 Å². The van der Waals surface area contributed by atoms with Crippen molar-refractivity contribution in [2.45, 2.75) is 37.7 Å². The average molecular weight is 614 g/mol. The minimum absolute atomic E-state index is 0.109. The topological polar surface area (TPSA) is 94.5 Å². The third-order valence-corrected chi connectivity index (χ3v) is 7.15. The molecule has 1 heterocycles. The van der Waals surface area contributed by atoms with E-state index in [9.17, 15) is 41.5 Å². The molecule has 0 unspecified atom stereocenters. The number of nitrogens with zero attached hydrogens (tertiary/aromatic N) is 2. The van der Waals surface area contributed by atoms with E-state index in [1.807, 2.05) is 0 Å². The molecule has 0 aliphatic carbocycles. The van der Waals surface area contributed by atoms with E-state index in [1.54, 1.807) is 12.1 Å². The lowest BCUT2D eigenvalue weighted by atomic mass is 9.72. The van der Waals surface area contributed by atoms with E-state index >= 15 is 0 Å². The average Bonchev–Trinajstić information content (AvgIpc) is 2.96. The molecule has 1 aliphatic rings. The van der Waals surface area contributed by atoms with E-state index in [2.05, 4.69) is 19.1 Å². The fourth-order valence-electron chi connectivity index (χ4n) is 5.15. The van der Waals surface area contributed by atoms with E-state index in [1.165, 1.54) is 36.4 Å². The van der Waals surface area contributed by atoms with Crippen LogP contribution in [-0.2, 0) is 16.9 Å². The Morgan fingerprint density at radius 2 is 1.28 bits per heavy atom. The van der Waals surface area contributed by atoms with Gasteiger partial charge in [-0.3, -0.25) is 4.90 Å². The van der Waals surface area contributed by atoms with Gasteiger partial charge in [0, 0.05) is 12.2 Å². The molecule has 1 N–H and O–H groups in total. The van der Waals surface area contributed by atoms with Gasteiger partial charge in [-0.05, 0) is 84.9 Å². The van der Waals surface area contributed by atoms with Crippen molar-refractivity contribution < 1.29 is 50.5 Å². The van der Waals surface area contributed by atoms with Gasteiger partial charge in [-0.2, -0.15) is 0 Å². The second-order valence-electron chi connectivity index (χ2n) is 9.89. The van der Waals surface area contributed by atoms with E-state index in [4.69, 9.17) is 0 Å². The molecular formula is C29H27F6N2O6-. The Morgan fingerprint density at radius 3 is 1.67 bits per heavy atom. The fraction of sp³-hybridized carbons (Fsp3) is 0.345. The molecule has 0 bridgehead atoms. The normalized spacial score (nSPS) is 15.2. The first-order valence-corrected chi connectivity index (χ1v) is 13.0. The smallest absolute Gasteiger partial charge is 0.573 e. The van der Waals surface area contributed by atoms with Crippen molar-refractivity contribution in [2.75, 3.05) is 25.3 Å². The Balaban J connectivity index is 1.52. The summed E-state index contributed by atoms with van der Waals surface area (Å²) in [7, 11) is 1.10.